The quantitative estimate of drug-likeness (QED) is 0.511. The van der Waals surface area contributed by atoms with Crippen molar-refractivity contribution >= 4 is 33.3 Å². The number of piperidine rings is 1. The number of aryl methyl sites for hydroxylation is 1. The van der Waals surface area contributed by atoms with Crippen molar-refractivity contribution in [1.82, 2.24) is 15.0 Å². The molecule has 36 heavy (non-hydrogen) atoms. The van der Waals surface area contributed by atoms with E-state index in [0.29, 0.717) is 49.1 Å². The zero-order valence-electron chi connectivity index (χ0n) is 19.5. The Labute approximate surface area is 208 Å². The molecule has 0 spiro atoms. The summed E-state index contributed by atoms with van der Waals surface area (Å²) < 4.78 is 40.7. The number of rotatable bonds is 6. The number of sulfone groups is 1. The summed E-state index contributed by atoms with van der Waals surface area (Å²) in [4.78, 5) is 26.6. The second-order valence-corrected chi connectivity index (χ2v) is 11.1. The van der Waals surface area contributed by atoms with Crippen molar-refractivity contribution < 1.29 is 22.7 Å². The number of pyridine rings is 1. The molecule has 0 amide bonds. The minimum absolute atomic E-state index is 0.00915. The van der Waals surface area contributed by atoms with Crippen LogP contribution >= 0.6 is 0 Å². The number of benzene rings is 1. The standard InChI is InChI=1S/C25H26FN5O4S/c26-18-14-16(15-22(32)33)6-7-20(18)28-24-23-21(5-3-13-36(23,34)35)29-25(30-24)31-11-8-17(9-12-31)19-4-1-2-10-27-19/h1-2,4,6-7,10,14,17H,3,5,8-9,11-13,15H2,(H,32,33)(H,28,29,30). The highest BCUT2D eigenvalue weighted by molar-refractivity contribution is 7.91. The zero-order chi connectivity index (χ0) is 25.3. The van der Waals surface area contributed by atoms with Gasteiger partial charge in [0, 0.05) is 30.9 Å². The van der Waals surface area contributed by atoms with Crippen LogP contribution in [-0.4, -0.2) is 53.3 Å². The molecule has 9 nitrogen and oxygen atoms in total. The zero-order valence-corrected chi connectivity index (χ0v) is 20.3. The predicted octanol–water partition coefficient (Wildman–Crippen LogP) is 3.49. The van der Waals surface area contributed by atoms with E-state index < -0.39 is 21.6 Å². The molecule has 2 aliphatic heterocycles. The first kappa shape index (κ1) is 24.1. The highest BCUT2D eigenvalue weighted by atomic mass is 32.2. The molecule has 1 fully saturated rings. The van der Waals surface area contributed by atoms with E-state index in [9.17, 15) is 17.6 Å². The fourth-order valence-corrected chi connectivity index (χ4v) is 6.43. The molecule has 0 radical (unpaired) electrons. The SMILES string of the molecule is O=C(O)Cc1ccc(Nc2nc(N3CCC(c4ccccn4)CC3)nc3c2S(=O)(=O)CCC3)c(F)c1. The van der Waals surface area contributed by atoms with Gasteiger partial charge in [0.15, 0.2) is 15.7 Å². The summed E-state index contributed by atoms with van der Waals surface area (Å²) in [6.07, 6.45) is 4.15. The van der Waals surface area contributed by atoms with Gasteiger partial charge in [-0.1, -0.05) is 12.1 Å². The number of hydrogen-bond acceptors (Lipinski definition) is 8. The summed E-state index contributed by atoms with van der Waals surface area (Å²) >= 11 is 0. The summed E-state index contributed by atoms with van der Waals surface area (Å²) in [6.45, 7) is 1.37. The Kier molecular flexibility index (Phi) is 6.57. The minimum Gasteiger partial charge on any atom is -0.481 e. The first-order valence-corrected chi connectivity index (χ1v) is 13.5. The lowest BCUT2D eigenvalue weighted by molar-refractivity contribution is -0.136. The van der Waals surface area contributed by atoms with Gasteiger partial charge in [0.1, 0.15) is 10.7 Å². The van der Waals surface area contributed by atoms with Crippen molar-refractivity contribution in [3.8, 4) is 0 Å². The number of carbonyl (C=O) groups is 1. The highest BCUT2D eigenvalue weighted by Crippen LogP contribution is 2.35. The van der Waals surface area contributed by atoms with E-state index in [-0.39, 0.29) is 28.6 Å². The Morgan fingerprint density at radius 2 is 1.97 bits per heavy atom. The van der Waals surface area contributed by atoms with Crippen LogP contribution in [0.15, 0.2) is 47.5 Å². The lowest BCUT2D eigenvalue weighted by atomic mass is 9.93. The van der Waals surface area contributed by atoms with Gasteiger partial charge in [0.05, 0.1) is 23.6 Å². The molecular weight excluding hydrogens is 485 g/mol. The molecule has 188 valence electrons. The van der Waals surface area contributed by atoms with E-state index in [4.69, 9.17) is 5.11 Å². The lowest BCUT2D eigenvalue weighted by Gasteiger charge is -2.32. The number of nitrogens with zero attached hydrogens (tertiary/aromatic N) is 4. The molecule has 2 aliphatic rings. The fourth-order valence-electron chi connectivity index (χ4n) is 4.80. The van der Waals surface area contributed by atoms with Gasteiger partial charge in [-0.25, -0.2) is 17.8 Å². The van der Waals surface area contributed by atoms with Crippen molar-refractivity contribution in [3.05, 3.63) is 65.4 Å². The summed E-state index contributed by atoms with van der Waals surface area (Å²) in [5, 5.41) is 11.8. The average Bonchev–Trinajstić information content (AvgIpc) is 2.85. The van der Waals surface area contributed by atoms with E-state index in [1.807, 2.05) is 23.1 Å². The molecule has 0 saturated carbocycles. The average molecular weight is 512 g/mol. The number of aliphatic carboxylic acids is 1. The third-order valence-electron chi connectivity index (χ3n) is 6.59. The molecule has 4 heterocycles. The molecule has 0 atom stereocenters. The van der Waals surface area contributed by atoms with Gasteiger partial charge in [-0.3, -0.25) is 9.78 Å². The van der Waals surface area contributed by atoms with E-state index in [0.717, 1.165) is 24.6 Å². The molecule has 5 rings (SSSR count). The molecule has 2 aromatic heterocycles. The largest absolute Gasteiger partial charge is 0.481 e. The number of halogens is 1. The Bertz CT molecular complexity index is 1390. The van der Waals surface area contributed by atoms with Gasteiger partial charge in [0.2, 0.25) is 5.95 Å². The number of hydrogen-bond donors (Lipinski definition) is 2. The lowest BCUT2D eigenvalue weighted by Crippen LogP contribution is -2.35. The second kappa shape index (κ2) is 9.81. The highest BCUT2D eigenvalue weighted by Gasteiger charge is 2.32. The number of carboxylic acid groups (broad SMARTS) is 1. The smallest absolute Gasteiger partial charge is 0.307 e. The number of aromatic nitrogens is 3. The van der Waals surface area contributed by atoms with Gasteiger partial charge in [-0.2, -0.15) is 4.98 Å². The van der Waals surface area contributed by atoms with Crippen LogP contribution in [0.25, 0.3) is 0 Å². The van der Waals surface area contributed by atoms with E-state index in [2.05, 4.69) is 20.3 Å². The molecular formula is C25H26FN5O4S. The predicted molar refractivity (Wildman–Crippen MR) is 132 cm³/mol. The number of carboxylic acids is 1. The Morgan fingerprint density at radius 1 is 1.17 bits per heavy atom. The normalized spacial score (nSPS) is 17.4. The fraction of sp³-hybridized carbons (Fsp3) is 0.360. The summed E-state index contributed by atoms with van der Waals surface area (Å²) in [5.41, 5.74) is 1.81. The van der Waals surface area contributed by atoms with Crippen molar-refractivity contribution in [3.63, 3.8) is 0 Å². The van der Waals surface area contributed by atoms with Gasteiger partial charge in [0.25, 0.3) is 0 Å². The maximum atomic E-state index is 14.8. The monoisotopic (exact) mass is 511 g/mol. The first-order valence-electron chi connectivity index (χ1n) is 11.9. The Balaban J connectivity index is 1.45. The van der Waals surface area contributed by atoms with Gasteiger partial charge >= 0.3 is 5.97 Å². The molecule has 0 unspecified atom stereocenters. The van der Waals surface area contributed by atoms with Crippen molar-refractivity contribution in [2.24, 2.45) is 0 Å². The van der Waals surface area contributed by atoms with Gasteiger partial charge < -0.3 is 15.3 Å². The van der Waals surface area contributed by atoms with E-state index in [1.165, 1.54) is 12.1 Å². The van der Waals surface area contributed by atoms with E-state index >= 15 is 0 Å². The molecule has 3 aromatic rings. The molecule has 2 N–H and O–H groups in total. The summed E-state index contributed by atoms with van der Waals surface area (Å²) in [5.74, 6) is -0.986. The second-order valence-electron chi connectivity index (χ2n) is 9.10. The van der Waals surface area contributed by atoms with Crippen molar-refractivity contribution in [2.75, 3.05) is 29.1 Å². The topological polar surface area (TPSA) is 125 Å². The van der Waals surface area contributed by atoms with E-state index in [1.54, 1.807) is 6.20 Å². The van der Waals surface area contributed by atoms with Gasteiger partial charge in [-0.05, 0) is 55.5 Å². The van der Waals surface area contributed by atoms with Crippen LogP contribution in [0.5, 0.6) is 0 Å². The van der Waals surface area contributed by atoms with Crippen LogP contribution < -0.4 is 10.2 Å². The Hall–Kier alpha value is -3.60. The maximum absolute atomic E-state index is 14.8. The van der Waals surface area contributed by atoms with Crippen molar-refractivity contribution in [2.45, 2.75) is 42.9 Å². The molecule has 0 aliphatic carbocycles. The first-order chi connectivity index (χ1) is 17.3. The molecule has 11 heteroatoms. The number of nitrogens with one attached hydrogen (secondary N) is 1. The molecule has 0 bridgehead atoms. The molecule has 1 saturated heterocycles. The Morgan fingerprint density at radius 3 is 2.67 bits per heavy atom. The number of fused-ring (bicyclic) bond motifs is 1. The van der Waals surface area contributed by atoms with Crippen LogP contribution in [-0.2, 0) is 27.5 Å². The summed E-state index contributed by atoms with van der Waals surface area (Å²) in [7, 11) is -3.64. The molecule has 1 aromatic carbocycles. The van der Waals surface area contributed by atoms with Crippen LogP contribution in [0.1, 0.15) is 42.1 Å². The van der Waals surface area contributed by atoms with Crippen LogP contribution in [0, 0.1) is 5.82 Å². The van der Waals surface area contributed by atoms with Crippen LogP contribution in [0.2, 0.25) is 0 Å². The summed E-state index contributed by atoms with van der Waals surface area (Å²) in [6, 6.07) is 9.92. The van der Waals surface area contributed by atoms with Crippen molar-refractivity contribution in [1.29, 1.82) is 0 Å². The number of anilines is 3. The third-order valence-corrected chi connectivity index (χ3v) is 8.46. The van der Waals surface area contributed by atoms with Crippen LogP contribution in [0.4, 0.5) is 21.8 Å². The minimum atomic E-state index is -3.64. The maximum Gasteiger partial charge on any atom is 0.307 e. The van der Waals surface area contributed by atoms with Crippen LogP contribution in [0.3, 0.4) is 0 Å². The third kappa shape index (κ3) is 5.01. The van der Waals surface area contributed by atoms with Gasteiger partial charge in [-0.15, -0.1) is 0 Å².